The second kappa shape index (κ2) is 7.87. The number of Topliss-reactive ketones (excluding diaryl/α,β-unsaturated/α-hetero) is 1. The summed E-state index contributed by atoms with van der Waals surface area (Å²) in [5.74, 6) is -2.84. The van der Waals surface area contributed by atoms with E-state index in [0.29, 0.717) is 25.7 Å². The Morgan fingerprint density at radius 3 is 2.25 bits per heavy atom. The molecule has 0 aromatic carbocycles. The van der Waals surface area contributed by atoms with Crippen LogP contribution in [0.3, 0.4) is 0 Å². The SMILES string of the molecule is CCCCC(=O)N[C@@]1(C(F)(F)F)C(=O)N(CCCC)C2=C1C(=O)CC(C)(C)C2. The van der Waals surface area contributed by atoms with Gasteiger partial charge in [-0.2, -0.15) is 13.2 Å². The minimum Gasteiger partial charge on any atom is -0.330 e. The van der Waals surface area contributed by atoms with E-state index in [4.69, 9.17) is 0 Å². The second-order valence-corrected chi connectivity index (χ2v) is 8.47. The van der Waals surface area contributed by atoms with Crippen LogP contribution in [0.2, 0.25) is 0 Å². The number of amides is 2. The van der Waals surface area contributed by atoms with Gasteiger partial charge in [0, 0.05) is 25.1 Å². The van der Waals surface area contributed by atoms with E-state index in [1.54, 1.807) is 13.8 Å². The van der Waals surface area contributed by atoms with Gasteiger partial charge >= 0.3 is 6.18 Å². The van der Waals surface area contributed by atoms with Gasteiger partial charge in [-0.15, -0.1) is 0 Å². The molecular formula is C20H29F3N2O3. The van der Waals surface area contributed by atoms with Gasteiger partial charge in [-0.25, -0.2) is 0 Å². The first-order chi connectivity index (χ1) is 12.9. The van der Waals surface area contributed by atoms with Crippen LogP contribution in [0.1, 0.15) is 72.6 Å². The summed E-state index contributed by atoms with van der Waals surface area (Å²) in [6.07, 6.45) is -2.91. The van der Waals surface area contributed by atoms with Crippen molar-refractivity contribution in [2.75, 3.05) is 6.54 Å². The van der Waals surface area contributed by atoms with E-state index in [1.807, 2.05) is 19.2 Å². The average Bonchev–Trinajstić information content (AvgIpc) is 2.79. The summed E-state index contributed by atoms with van der Waals surface area (Å²) in [7, 11) is 0. The molecule has 2 rings (SSSR count). The van der Waals surface area contributed by atoms with Crippen LogP contribution in [0.5, 0.6) is 0 Å². The molecule has 2 aliphatic rings. The van der Waals surface area contributed by atoms with Crippen molar-refractivity contribution >= 4 is 17.6 Å². The number of hydrogen-bond acceptors (Lipinski definition) is 3. The average molecular weight is 402 g/mol. The smallest absolute Gasteiger partial charge is 0.330 e. The van der Waals surface area contributed by atoms with Gasteiger partial charge in [0.15, 0.2) is 5.78 Å². The van der Waals surface area contributed by atoms with E-state index in [0.717, 1.165) is 4.90 Å². The summed E-state index contributed by atoms with van der Waals surface area (Å²) in [6.45, 7) is 7.37. The number of carbonyl (C=O) groups is 3. The Bertz CT molecular complexity index is 697. The normalized spacial score (nSPS) is 24.6. The van der Waals surface area contributed by atoms with E-state index in [1.165, 1.54) is 0 Å². The Balaban J connectivity index is 2.62. The zero-order chi connectivity index (χ0) is 21.3. The monoisotopic (exact) mass is 402 g/mol. The lowest BCUT2D eigenvalue weighted by molar-refractivity contribution is -0.194. The Morgan fingerprint density at radius 1 is 1.11 bits per heavy atom. The second-order valence-electron chi connectivity index (χ2n) is 8.47. The fourth-order valence-electron chi connectivity index (χ4n) is 3.99. The lowest BCUT2D eigenvalue weighted by Gasteiger charge is -2.35. The van der Waals surface area contributed by atoms with Gasteiger partial charge in [-0.05, 0) is 24.7 Å². The molecule has 0 spiro atoms. The number of halogens is 3. The summed E-state index contributed by atoms with van der Waals surface area (Å²) in [6, 6.07) is 0. The Kier molecular flexibility index (Phi) is 6.31. The first-order valence-corrected chi connectivity index (χ1v) is 9.87. The lowest BCUT2D eigenvalue weighted by atomic mass is 9.72. The first kappa shape index (κ1) is 22.4. The molecule has 0 saturated heterocycles. The minimum atomic E-state index is -5.11. The maximum absolute atomic E-state index is 14.3. The molecule has 5 nitrogen and oxygen atoms in total. The highest BCUT2D eigenvalue weighted by atomic mass is 19.4. The largest absolute Gasteiger partial charge is 0.425 e. The first-order valence-electron chi connectivity index (χ1n) is 9.87. The maximum atomic E-state index is 14.3. The van der Waals surface area contributed by atoms with Crippen molar-refractivity contribution in [3.8, 4) is 0 Å². The van der Waals surface area contributed by atoms with E-state index < -0.39 is 40.3 Å². The van der Waals surface area contributed by atoms with Crippen molar-refractivity contribution in [3.63, 3.8) is 0 Å². The van der Waals surface area contributed by atoms with Crippen molar-refractivity contribution in [2.24, 2.45) is 5.41 Å². The van der Waals surface area contributed by atoms with Crippen LogP contribution >= 0.6 is 0 Å². The van der Waals surface area contributed by atoms with Gasteiger partial charge in [0.05, 0.1) is 5.57 Å². The molecule has 158 valence electrons. The number of hydrogen-bond donors (Lipinski definition) is 1. The fraction of sp³-hybridized carbons (Fsp3) is 0.750. The van der Waals surface area contributed by atoms with Gasteiger partial charge in [-0.3, -0.25) is 14.4 Å². The molecule has 0 saturated carbocycles. The molecule has 0 unspecified atom stereocenters. The molecule has 1 aliphatic carbocycles. The number of nitrogens with one attached hydrogen (secondary N) is 1. The van der Waals surface area contributed by atoms with E-state index in [2.05, 4.69) is 0 Å². The third-order valence-electron chi connectivity index (χ3n) is 5.36. The lowest BCUT2D eigenvalue weighted by Crippen LogP contribution is -2.66. The summed E-state index contributed by atoms with van der Waals surface area (Å²) in [4.78, 5) is 39.3. The highest BCUT2D eigenvalue weighted by molar-refractivity contribution is 6.13. The summed E-state index contributed by atoms with van der Waals surface area (Å²) >= 11 is 0. The summed E-state index contributed by atoms with van der Waals surface area (Å²) in [5.41, 5.74) is -4.28. The molecule has 1 atom stereocenters. The van der Waals surface area contributed by atoms with E-state index in [9.17, 15) is 27.6 Å². The highest BCUT2D eigenvalue weighted by Gasteiger charge is 2.71. The van der Waals surface area contributed by atoms with Crippen molar-refractivity contribution in [1.82, 2.24) is 10.2 Å². The summed E-state index contributed by atoms with van der Waals surface area (Å²) < 4.78 is 43.0. The van der Waals surface area contributed by atoms with Gasteiger partial charge in [0.25, 0.3) is 5.91 Å². The van der Waals surface area contributed by atoms with Gasteiger partial charge in [0.1, 0.15) is 0 Å². The van der Waals surface area contributed by atoms with E-state index >= 15 is 0 Å². The number of carbonyl (C=O) groups excluding carboxylic acids is 3. The molecule has 0 fully saturated rings. The molecule has 8 heteroatoms. The molecule has 1 N–H and O–H groups in total. The Hall–Kier alpha value is -1.86. The van der Waals surface area contributed by atoms with Crippen molar-refractivity contribution in [3.05, 3.63) is 11.3 Å². The van der Waals surface area contributed by atoms with Crippen molar-refractivity contribution in [2.45, 2.75) is 84.4 Å². The molecule has 0 radical (unpaired) electrons. The molecule has 0 bridgehead atoms. The zero-order valence-corrected chi connectivity index (χ0v) is 17.0. The third-order valence-corrected chi connectivity index (χ3v) is 5.36. The number of ketones is 1. The minimum absolute atomic E-state index is 0.0939. The van der Waals surface area contributed by atoms with Gasteiger partial charge in [-0.1, -0.05) is 40.5 Å². The summed E-state index contributed by atoms with van der Waals surface area (Å²) in [5, 5.41) is 1.95. The molecule has 1 heterocycles. The van der Waals surface area contributed by atoms with Crippen LogP contribution in [0, 0.1) is 5.41 Å². The van der Waals surface area contributed by atoms with E-state index in [-0.39, 0.29) is 31.5 Å². The molecule has 2 amide bonds. The van der Waals surface area contributed by atoms with Gasteiger partial charge in [0.2, 0.25) is 11.4 Å². The Morgan fingerprint density at radius 2 is 1.71 bits per heavy atom. The molecule has 0 aromatic heterocycles. The van der Waals surface area contributed by atoms with Crippen LogP contribution in [-0.4, -0.2) is 40.8 Å². The molecule has 28 heavy (non-hydrogen) atoms. The zero-order valence-electron chi connectivity index (χ0n) is 17.0. The van der Waals surface area contributed by atoms with Crippen molar-refractivity contribution in [1.29, 1.82) is 0 Å². The number of unbranched alkanes of at least 4 members (excludes halogenated alkanes) is 2. The number of rotatable bonds is 7. The quantitative estimate of drug-likeness (QED) is 0.703. The van der Waals surface area contributed by atoms with Crippen LogP contribution in [0.4, 0.5) is 13.2 Å². The topological polar surface area (TPSA) is 66.5 Å². The highest BCUT2D eigenvalue weighted by Crippen LogP contribution is 2.51. The number of allylic oxidation sites excluding steroid dienone is 1. The van der Waals surface area contributed by atoms with Crippen molar-refractivity contribution < 1.29 is 27.6 Å². The number of nitrogens with zero attached hydrogens (tertiary/aromatic N) is 1. The Labute approximate surface area is 163 Å². The predicted molar refractivity (Wildman–Crippen MR) is 98.1 cm³/mol. The van der Waals surface area contributed by atoms with Gasteiger partial charge < -0.3 is 10.2 Å². The van der Waals surface area contributed by atoms with Crippen LogP contribution < -0.4 is 5.32 Å². The van der Waals surface area contributed by atoms with Crippen LogP contribution in [-0.2, 0) is 14.4 Å². The predicted octanol–water partition coefficient (Wildman–Crippen LogP) is 3.88. The van der Waals surface area contributed by atoms with Crippen LogP contribution in [0.15, 0.2) is 11.3 Å². The molecular weight excluding hydrogens is 373 g/mol. The standard InChI is InChI=1S/C20H29F3N2O3/c1-5-7-9-15(27)24-19(20(21,22)23)16-13(11-18(3,4)12-14(16)26)25(17(19)28)10-8-6-2/h5-12H2,1-4H3,(H,24,27)/t19-/m1/s1. The molecule has 0 aromatic rings. The molecule has 1 aliphatic heterocycles. The van der Waals surface area contributed by atoms with Crippen LogP contribution in [0.25, 0.3) is 0 Å². The number of alkyl halides is 3. The third kappa shape index (κ3) is 3.82. The maximum Gasteiger partial charge on any atom is 0.425 e. The fourth-order valence-corrected chi connectivity index (χ4v) is 3.99.